The molecule has 2 heterocycles. The van der Waals surface area contributed by atoms with Crippen LogP contribution in [0.5, 0.6) is 0 Å². The smallest absolute Gasteiger partial charge is 0.147 e. The molecule has 1 aliphatic rings. The summed E-state index contributed by atoms with van der Waals surface area (Å²) < 4.78 is 29.4. The molecule has 0 saturated carbocycles. The summed E-state index contributed by atoms with van der Waals surface area (Å²) in [4.78, 5) is 4.94. The summed E-state index contributed by atoms with van der Waals surface area (Å²) in [5.41, 5.74) is 2.36. The Hall–Kier alpha value is -2.42. The minimum atomic E-state index is -2.22. The van der Waals surface area contributed by atoms with E-state index in [1.807, 2.05) is 73.6 Å². The van der Waals surface area contributed by atoms with Crippen molar-refractivity contribution < 1.29 is 8.79 Å². The summed E-state index contributed by atoms with van der Waals surface area (Å²) >= 11 is 0. The second-order valence-electron chi connectivity index (χ2n) is 7.68. The van der Waals surface area contributed by atoms with Crippen molar-refractivity contribution in [2.75, 3.05) is 0 Å². The molecule has 1 atom stereocenters. The maximum atomic E-state index is 8.46. The molecule has 3 nitrogen and oxygen atoms in total. The highest BCUT2D eigenvalue weighted by Crippen LogP contribution is 2.49. The Labute approximate surface area is 154 Å². The number of aromatic nitrogens is 3. The first-order valence-electron chi connectivity index (χ1n) is 10.2. The average Bonchev–Trinajstić information content (AvgIpc) is 2.97. The third kappa shape index (κ3) is 1.98. The number of aryl methyl sites for hydroxylation is 1. The Morgan fingerprint density at radius 1 is 1.00 bits per heavy atom. The van der Waals surface area contributed by atoms with Crippen LogP contribution in [0.25, 0.3) is 17.1 Å². The highest BCUT2D eigenvalue weighted by atomic mass is 15.5. The Kier molecular flexibility index (Phi) is 2.60. The highest BCUT2D eigenvalue weighted by Gasteiger charge is 2.53. The molecule has 128 valence electrons. The minimum Gasteiger partial charge on any atom is -0.147 e. The molecule has 3 heteroatoms. The maximum absolute atomic E-state index is 8.46. The Morgan fingerprint density at radius 3 is 2.40 bits per heavy atom. The standard InChI is InChI=1S/C22H26N3/c1-15-11-10-14-17-18(15)25-20(22(4,5)21(17,2)3)23-19(24(25)6)16-12-8-7-9-13-16/h7-14H,1-6H3/q+1/i4D3. The monoisotopic (exact) mass is 335 g/mol. The van der Waals surface area contributed by atoms with Gasteiger partial charge in [0.2, 0.25) is 0 Å². The number of nitrogens with zero attached hydrogens (tertiary/aromatic N) is 3. The molecule has 0 amide bonds. The summed E-state index contributed by atoms with van der Waals surface area (Å²) in [5.74, 6) is 1.35. The molecule has 0 aliphatic carbocycles. The van der Waals surface area contributed by atoms with Crippen molar-refractivity contribution in [2.24, 2.45) is 7.05 Å². The van der Waals surface area contributed by atoms with Gasteiger partial charge in [0.15, 0.2) is 0 Å². The summed E-state index contributed by atoms with van der Waals surface area (Å²) in [6.45, 7) is 5.73. The van der Waals surface area contributed by atoms with Crippen LogP contribution in [0.4, 0.5) is 0 Å². The van der Waals surface area contributed by atoms with Gasteiger partial charge in [-0.25, -0.2) is 0 Å². The van der Waals surface area contributed by atoms with Gasteiger partial charge in [-0.05, 0) is 48.9 Å². The fourth-order valence-electron chi connectivity index (χ4n) is 3.87. The predicted molar refractivity (Wildman–Crippen MR) is 101 cm³/mol. The van der Waals surface area contributed by atoms with Gasteiger partial charge in [-0.1, -0.05) is 50.2 Å². The molecule has 0 fully saturated rings. The molecule has 1 aromatic heterocycles. The van der Waals surface area contributed by atoms with E-state index in [2.05, 4.69) is 19.1 Å². The lowest BCUT2D eigenvalue weighted by Gasteiger charge is -2.44. The number of rotatable bonds is 1. The van der Waals surface area contributed by atoms with Crippen molar-refractivity contribution >= 4 is 0 Å². The van der Waals surface area contributed by atoms with E-state index in [4.69, 9.17) is 9.10 Å². The van der Waals surface area contributed by atoms with Crippen molar-refractivity contribution in [3.63, 3.8) is 0 Å². The van der Waals surface area contributed by atoms with Gasteiger partial charge in [0.1, 0.15) is 7.05 Å². The third-order valence-electron chi connectivity index (χ3n) is 5.87. The van der Waals surface area contributed by atoms with Gasteiger partial charge in [0, 0.05) is 9.53 Å². The number of hydrogen-bond donors (Lipinski definition) is 0. The molecule has 0 spiro atoms. The molecule has 0 radical (unpaired) electrons. The van der Waals surface area contributed by atoms with Crippen LogP contribution >= 0.6 is 0 Å². The number of fused-ring (bicyclic) bond motifs is 3. The zero-order valence-corrected chi connectivity index (χ0v) is 15.5. The first-order valence-corrected chi connectivity index (χ1v) is 8.67. The van der Waals surface area contributed by atoms with Gasteiger partial charge in [0.25, 0.3) is 5.82 Å². The van der Waals surface area contributed by atoms with Crippen molar-refractivity contribution in [1.29, 1.82) is 0 Å². The van der Waals surface area contributed by atoms with Crippen molar-refractivity contribution in [2.45, 2.75) is 45.4 Å². The van der Waals surface area contributed by atoms with Crippen LogP contribution in [0.1, 0.15) is 48.7 Å². The van der Waals surface area contributed by atoms with Crippen LogP contribution in [0.3, 0.4) is 0 Å². The fraction of sp³-hybridized carbons (Fsp3) is 0.364. The largest absolute Gasteiger partial charge is 0.351 e. The highest BCUT2D eigenvalue weighted by molar-refractivity contribution is 5.58. The SMILES string of the molecule is [2H]C([2H])([2H])C1(C)c2nc(-c3ccccc3)[n+](C)n2-c2c(C)cccc2C1(C)C. The first-order chi connectivity index (χ1) is 13.0. The number of para-hydroxylation sites is 1. The molecule has 0 N–H and O–H groups in total. The molecule has 0 bridgehead atoms. The lowest BCUT2D eigenvalue weighted by Crippen LogP contribution is -2.51. The molecule has 25 heavy (non-hydrogen) atoms. The molecule has 2 aromatic carbocycles. The fourth-order valence-corrected chi connectivity index (χ4v) is 3.87. The molecular formula is C22H26N3+. The topological polar surface area (TPSA) is 21.7 Å². The van der Waals surface area contributed by atoms with E-state index in [0.717, 1.165) is 28.2 Å². The van der Waals surface area contributed by atoms with E-state index in [1.165, 1.54) is 0 Å². The maximum Gasteiger partial charge on any atom is 0.351 e. The van der Waals surface area contributed by atoms with Gasteiger partial charge < -0.3 is 0 Å². The van der Waals surface area contributed by atoms with Crippen LogP contribution in [0.15, 0.2) is 48.5 Å². The number of hydrogen-bond acceptors (Lipinski definition) is 1. The summed E-state index contributed by atoms with van der Waals surface area (Å²) in [6, 6.07) is 16.1. The lowest BCUT2D eigenvalue weighted by atomic mass is 9.61. The van der Waals surface area contributed by atoms with Crippen LogP contribution < -0.4 is 4.68 Å². The van der Waals surface area contributed by atoms with Crippen LogP contribution in [0, 0.1) is 6.92 Å². The van der Waals surface area contributed by atoms with Crippen LogP contribution in [-0.2, 0) is 17.9 Å². The van der Waals surface area contributed by atoms with Gasteiger partial charge in [-0.15, -0.1) is 9.36 Å². The second kappa shape index (κ2) is 5.04. The van der Waals surface area contributed by atoms with E-state index < -0.39 is 17.7 Å². The molecule has 4 rings (SSSR count). The van der Waals surface area contributed by atoms with E-state index in [0.29, 0.717) is 5.82 Å². The van der Waals surface area contributed by atoms with E-state index in [9.17, 15) is 0 Å². The Bertz CT molecular complexity index is 1060. The van der Waals surface area contributed by atoms with E-state index >= 15 is 0 Å². The summed E-state index contributed by atoms with van der Waals surface area (Å²) in [5, 5.41) is 0. The zero-order valence-electron chi connectivity index (χ0n) is 18.5. The molecule has 1 aliphatic heterocycles. The molecule has 0 saturated heterocycles. The van der Waals surface area contributed by atoms with Crippen molar-refractivity contribution in [3.05, 3.63) is 65.5 Å². The molecular weight excluding hydrogens is 306 g/mol. The van der Waals surface area contributed by atoms with Gasteiger partial charge in [-0.3, -0.25) is 0 Å². The lowest BCUT2D eigenvalue weighted by molar-refractivity contribution is -0.736. The third-order valence-corrected chi connectivity index (χ3v) is 5.87. The molecule has 3 aromatic rings. The predicted octanol–water partition coefficient (Wildman–Crippen LogP) is 4.24. The quantitative estimate of drug-likeness (QED) is 0.610. The van der Waals surface area contributed by atoms with Gasteiger partial charge in [-0.2, -0.15) is 0 Å². The Morgan fingerprint density at radius 2 is 1.72 bits per heavy atom. The van der Waals surface area contributed by atoms with Crippen molar-refractivity contribution in [1.82, 2.24) is 9.67 Å². The van der Waals surface area contributed by atoms with E-state index in [1.54, 1.807) is 0 Å². The Balaban J connectivity index is 2.17. The first kappa shape index (κ1) is 12.9. The van der Waals surface area contributed by atoms with Gasteiger partial charge in [0.05, 0.1) is 16.7 Å². The average molecular weight is 335 g/mol. The summed E-state index contributed by atoms with van der Waals surface area (Å²) in [7, 11) is 1.95. The number of benzene rings is 2. The van der Waals surface area contributed by atoms with E-state index in [-0.39, 0.29) is 0 Å². The zero-order chi connectivity index (χ0) is 20.5. The summed E-state index contributed by atoms with van der Waals surface area (Å²) in [6.07, 6.45) is 0. The van der Waals surface area contributed by atoms with Gasteiger partial charge >= 0.3 is 5.82 Å². The normalized spacial score (nSPS) is 23.2. The van der Waals surface area contributed by atoms with Crippen LogP contribution in [-0.4, -0.2) is 9.67 Å². The molecule has 1 unspecified atom stereocenters. The minimum absolute atomic E-state index is 0.584. The van der Waals surface area contributed by atoms with Crippen molar-refractivity contribution in [3.8, 4) is 17.1 Å². The second-order valence-corrected chi connectivity index (χ2v) is 7.68. The van der Waals surface area contributed by atoms with Crippen LogP contribution in [0.2, 0.25) is 0 Å².